The first-order valence-electron chi connectivity index (χ1n) is 13.0. The molecule has 0 aliphatic heterocycles. The fourth-order valence-electron chi connectivity index (χ4n) is 2.84. The first-order valence-corrected chi connectivity index (χ1v) is 14.9. The molecule has 4 N–H and O–H groups in total. The van der Waals surface area contributed by atoms with E-state index < -0.39 is 31.5 Å². The molecule has 0 aliphatic rings. The van der Waals surface area contributed by atoms with E-state index in [-0.39, 0.29) is 38.4 Å². The van der Waals surface area contributed by atoms with Crippen LogP contribution in [0.15, 0.2) is 15.0 Å². The van der Waals surface area contributed by atoms with Crippen molar-refractivity contribution in [3.05, 3.63) is 0 Å². The molecule has 0 aromatic carbocycles. The molecule has 15 heteroatoms. The Morgan fingerprint density at radius 3 is 2.00 bits per heavy atom. The highest BCUT2D eigenvalue weighted by Crippen LogP contribution is 2.37. The Hall–Kier alpha value is -2.54. The number of hydrogen-bond donors (Lipinski definition) is 3. The van der Waals surface area contributed by atoms with Crippen LogP contribution in [0.4, 0.5) is 0 Å². The van der Waals surface area contributed by atoms with Gasteiger partial charge in [0.05, 0.1) is 38.1 Å². The maximum atomic E-state index is 13.7. The number of carbonyl (C=O) groups excluding carboxylic acids is 2. The average Bonchev–Trinajstić information content (AvgIpc) is 2.85. The number of nitrogens with one attached hydrogen (secondary N) is 2. The van der Waals surface area contributed by atoms with Gasteiger partial charge in [0.25, 0.3) is 0 Å². The topological polar surface area (TPSA) is 179 Å². The number of nitrogens with two attached hydrogens (primary N) is 1. The lowest BCUT2D eigenvalue weighted by atomic mass is 10.4. The lowest BCUT2D eigenvalue weighted by molar-refractivity contribution is -0.149. The van der Waals surface area contributed by atoms with Crippen LogP contribution in [0.25, 0.3) is 0 Å². The highest BCUT2D eigenvalue weighted by atomic mass is 31.2. The Morgan fingerprint density at radius 2 is 1.54 bits per heavy atom. The van der Waals surface area contributed by atoms with E-state index in [1.165, 1.54) is 20.2 Å². The number of ether oxygens (including phenoxy) is 4. The zero-order valence-corrected chi connectivity index (χ0v) is 25.5. The monoisotopic (exact) mass is 577 g/mol. The summed E-state index contributed by atoms with van der Waals surface area (Å²) in [5.74, 6) is -0.645. The predicted molar refractivity (Wildman–Crippen MR) is 153 cm³/mol. The molecule has 0 heterocycles. The Bertz CT molecular complexity index is 819. The second-order valence-electron chi connectivity index (χ2n) is 9.16. The molecular weight excluding hydrogens is 529 g/mol. The SMILES string of the molecule is CCCOC(CN=CN(CCOCP(=O)(N[C@@H](C)C(=O)OC(C)C)N[C@@H](C)C(=O)OC(C)C)C/N=C/N)=NC. The highest BCUT2D eigenvalue weighted by Gasteiger charge is 2.32. The van der Waals surface area contributed by atoms with Crippen molar-refractivity contribution < 1.29 is 33.1 Å². The normalized spacial score (nSPS) is 14.3. The van der Waals surface area contributed by atoms with Gasteiger partial charge in [-0.15, -0.1) is 0 Å². The minimum absolute atomic E-state index is 0.135. The molecule has 226 valence electrons. The molecule has 0 saturated heterocycles. The van der Waals surface area contributed by atoms with Gasteiger partial charge in [-0.3, -0.25) is 29.1 Å². The van der Waals surface area contributed by atoms with Crippen molar-refractivity contribution in [1.29, 1.82) is 0 Å². The Labute approximate surface area is 232 Å². The van der Waals surface area contributed by atoms with Gasteiger partial charge in [-0.05, 0) is 48.0 Å². The third-order valence-electron chi connectivity index (χ3n) is 4.57. The molecule has 0 radical (unpaired) electrons. The van der Waals surface area contributed by atoms with E-state index in [0.29, 0.717) is 19.0 Å². The summed E-state index contributed by atoms with van der Waals surface area (Å²) in [6.45, 7) is 13.4. The molecule has 14 nitrogen and oxygen atoms in total. The van der Waals surface area contributed by atoms with Crippen LogP contribution in [0.3, 0.4) is 0 Å². The van der Waals surface area contributed by atoms with Gasteiger partial charge >= 0.3 is 11.9 Å². The van der Waals surface area contributed by atoms with E-state index in [4.69, 9.17) is 24.7 Å². The fourth-order valence-corrected chi connectivity index (χ4v) is 4.91. The number of esters is 2. The predicted octanol–water partition coefficient (Wildman–Crippen LogP) is 1.74. The van der Waals surface area contributed by atoms with E-state index in [1.54, 1.807) is 46.0 Å². The van der Waals surface area contributed by atoms with Crippen molar-refractivity contribution in [2.45, 2.75) is 79.2 Å². The van der Waals surface area contributed by atoms with Gasteiger partial charge in [0.1, 0.15) is 31.6 Å². The average molecular weight is 578 g/mol. The highest BCUT2D eigenvalue weighted by molar-refractivity contribution is 7.59. The summed E-state index contributed by atoms with van der Waals surface area (Å²) in [6.07, 6.45) is 2.64. The Morgan fingerprint density at radius 1 is 0.974 bits per heavy atom. The summed E-state index contributed by atoms with van der Waals surface area (Å²) >= 11 is 0. The first-order chi connectivity index (χ1) is 18.4. The van der Waals surface area contributed by atoms with Crippen molar-refractivity contribution >= 4 is 38.0 Å². The van der Waals surface area contributed by atoms with E-state index in [2.05, 4.69) is 25.2 Å². The first kappa shape index (κ1) is 36.5. The molecular formula is C24H48N7O7P. The van der Waals surface area contributed by atoms with Crippen LogP contribution in [0, 0.1) is 0 Å². The van der Waals surface area contributed by atoms with E-state index in [0.717, 1.165) is 6.42 Å². The molecule has 0 fully saturated rings. The van der Waals surface area contributed by atoms with Gasteiger partial charge in [0.15, 0.2) is 0 Å². The number of rotatable bonds is 20. The zero-order valence-electron chi connectivity index (χ0n) is 24.6. The third kappa shape index (κ3) is 17.6. The van der Waals surface area contributed by atoms with E-state index >= 15 is 0 Å². The minimum atomic E-state index is -3.61. The number of hydrogen-bond acceptors (Lipinski definition) is 10. The second kappa shape index (κ2) is 20.4. The molecule has 0 aliphatic carbocycles. The number of carbonyl (C=O) groups is 2. The summed E-state index contributed by atoms with van der Waals surface area (Å²) in [7, 11) is -1.98. The summed E-state index contributed by atoms with van der Waals surface area (Å²) in [4.78, 5) is 38.8. The van der Waals surface area contributed by atoms with Crippen molar-refractivity contribution in [3.63, 3.8) is 0 Å². The molecule has 0 aromatic heterocycles. The second-order valence-corrected chi connectivity index (χ2v) is 11.4. The molecule has 0 aromatic rings. The van der Waals surface area contributed by atoms with Crippen molar-refractivity contribution in [2.75, 3.05) is 46.4 Å². The van der Waals surface area contributed by atoms with Crippen LogP contribution >= 0.6 is 7.44 Å². The fraction of sp³-hybridized carbons (Fsp3) is 0.792. The van der Waals surface area contributed by atoms with Gasteiger partial charge in [0.2, 0.25) is 13.3 Å². The van der Waals surface area contributed by atoms with E-state index in [9.17, 15) is 14.2 Å². The Balaban J connectivity index is 5.30. The maximum absolute atomic E-state index is 13.7. The van der Waals surface area contributed by atoms with E-state index in [1.807, 2.05) is 6.92 Å². The molecule has 39 heavy (non-hydrogen) atoms. The molecule has 0 saturated carbocycles. The van der Waals surface area contributed by atoms with Gasteiger partial charge < -0.3 is 29.6 Å². The lowest BCUT2D eigenvalue weighted by Gasteiger charge is -2.27. The number of aliphatic imine (C=N–C) groups is 3. The quantitative estimate of drug-likeness (QED) is 0.0631. The Kier molecular flexibility index (Phi) is 19.0. The van der Waals surface area contributed by atoms with Gasteiger partial charge in [0, 0.05) is 13.6 Å². The molecule has 0 spiro atoms. The summed E-state index contributed by atoms with van der Waals surface area (Å²) in [6, 6.07) is -1.84. The van der Waals surface area contributed by atoms with Crippen LogP contribution in [-0.2, 0) is 33.1 Å². The van der Waals surface area contributed by atoms with Crippen LogP contribution in [0.2, 0.25) is 0 Å². The van der Waals surface area contributed by atoms with Crippen LogP contribution in [0.1, 0.15) is 54.9 Å². The third-order valence-corrected chi connectivity index (χ3v) is 6.73. The van der Waals surface area contributed by atoms with Crippen LogP contribution in [-0.4, -0.2) is 106 Å². The van der Waals surface area contributed by atoms with Crippen molar-refractivity contribution in [1.82, 2.24) is 15.1 Å². The number of nitrogens with zero attached hydrogens (tertiary/aromatic N) is 4. The summed E-state index contributed by atoms with van der Waals surface area (Å²) in [5, 5.41) is 5.52. The van der Waals surface area contributed by atoms with Crippen LogP contribution in [0.5, 0.6) is 0 Å². The lowest BCUT2D eigenvalue weighted by Crippen LogP contribution is -2.43. The summed E-state index contributed by atoms with van der Waals surface area (Å²) < 4.78 is 35.3. The van der Waals surface area contributed by atoms with Gasteiger partial charge in [-0.2, -0.15) is 0 Å². The molecule has 2 atom stereocenters. The molecule has 0 bridgehead atoms. The van der Waals surface area contributed by atoms with Crippen LogP contribution < -0.4 is 15.9 Å². The molecule has 0 amide bonds. The smallest absolute Gasteiger partial charge is 0.323 e. The van der Waals surface area contributed by atoms with Gasteiger partial charge in [-0.1, -0.05) is 6.92 Å². The molecule has 0 rings (SSSR count). The zero-order chi connectivity index (χ0) is 29.8. The van der Waals surface area contributed by atoms with Crippen molar-refractivity contribution in [2.24, 2.45) is 20.7 Å². The minimum Gasteiger partial charge on any atom is -0.480 e. The van der Waals surface area contributed by atoms with Gasteiger partial charge in [-0.25, -0.2) is 10.2 Å². The standard InChI is InChI=1S/C24H48N7O7P/c1-9-11-36-22(26-8)13-27-15-31(16-28-14-25)10-12-35-17-39(34,29-20(6)23(32)37-18(2)3)30-21(7)24(33)38-19(4)5/h14-15,18-21H,9-13,16-17H2,1-8H3,(H2,25,28)(H2,29,30,34)/t20-,21-/m0/s1. The summed E-state index contributed by atoms with van der Waals surface area (Å²) in [5.41, 5.74) is 5.38. The largest absolute Gasteiger partial charge is 0.480 e. The maximum Gasteiger partial charge on any atom is 0.323 e. The molecule has 0 unspecified atom stereocenters. The van der Waals surface area contributed by atoms with Crippen molar-refractivity contribution in [3.8, 4) is 0 Å².